The predicted octanol–water partition coefficient (Wildman–Crippen LogP) is 5.35. The van der Waals surface area contributed by atoms with Crippen molar-refractivity contribution in [2.75, 3.05) is 18.0 Å². The molecule has 1 heterocycles. The Morgan fingerprint density at radius 3 is 2.13 bits per heavy atom. The first-order valence-corrected chi connectivity index (χ1v) is 10.6. The van der Waals surface area contributed by atoms with E-state index in [1.807, 2.05) is 63.2 Å². The molecule has 5 heteroatoms. The molecular weight excluding hydrogens is 376 g/mol. The molecule has 2 aromatic carbocycles. The van der Waals surface area contributed by atoms with Gasteiger partial charge in [0.15, 0.2) is 0 Å². The number of benzene rings is 2. The number of amides is 2. The average Bonchev–Trinajstić information content (AvgIpc) is 2.72. The SMILES string of the molecule is CC(=O)N(Cc1ccccc1)c1ccc(C2CCN(C(=O)OC(C)(C)C)CC2)cc1. The number of ether oxygens (including phenoxy) is 1. The van der Waals surface area contributed by atoms with E-state index in [0.29, 0.717) is 25.6 Å². The molecular formula is C25H32N2O3. The molecule has 0 atom stereocenters. The monoisotopic (exact) mass is 408 g/mol. The fraction of sp³-hybridized carbons (Fsp3) is 0.440. The summed E-state index contributed by atoms with van der Waals surface area (Å²) in [5.74, 6) is 0.440. The van der Waals surface area contributed by atoms with E-state index in [9.17, 15) is 9.59 Å². The third kappa shape index (κ3) is 5.85. The summed E-state index contributed by atoms with van der Waals surface area (Å²) in [7, 11) is 0. The minimum absolute atomic E-state index is 0.0253. The summed E-state index contributed by atoms with van der Waals surface area (Å²) in [5.41, 5.74) is 2.80. The van der Waals surface area contributed by atoms with Crippen molar-refractivity contribution >= 4 is 17.7 Å². The normalized spacial score (nSPS) is 15.0. The lowest BCUT2D eigenvalue weighted by atomic mass is 9.89. The zero-order valence-electron chi connectivity index (χ0n) is 18.4. The van der Waals surface area contributed by atoms with Crippen molar-refractivity contribution in [3.63, 3.8) is 0 Å². The molecule has 1 fully saturated rings. The Morgan fingerprint density at radius 2 is 1.60 bits per heavy atom. The molecule has 3 rings (SSSR count). The van der Waals surface area contributed by atoms with Gasteiger partial charge in [0, 0.05) is 25.7 Å². The smallest absolute Gasteiger partial charge is 0.410 e. The first kappa shape index (κ1) is 21.9. The van der Waals surface area contributed by atoms with Crippen molar-refractivity contribution < 1.29 is 14.3 Å². The molecule has 5 nitrogen and oxygen atoms in total. The number of likely N-dealkylation sites (tertiary alicyclic amines) is 1. The molecule has 30 heavy (non-hydrogen) atoms. The third-order valence-electron chi connectivity index (χ3n) is 5.39. The summed E-state index contributed by atoms with van der Waals surface area (Å²) in [6.45, 7) is 9.24. The molecule has 1 saturated heterocycles. The van der Waals surface area contributed by atoms with Crippen molar-refractivity contribution in [2.24, 2.45) is 0 Å². The highest BCUT2D eigenvalue weighted by Crippen LogP contribution is 2.30. The van der Waals surface area contributed by atoms with Gasteiger partial charge in [-0.2, -0.15) is 0 Å². The maximum Gasteiger partial charge on any atom is 0.410 e. The van der Waals surface area contributed by atoms with Crippen molar-refractivity contribution in [3.05, 3.63) is 65.7 Å². The van der Waals surface area contributed by atoms with Gasteiger partial charge in [-0.1, -0.05) is 42.5 Å². The summed E-state index contributed by atoms with van der Waals surface area (Å²) in [5, 5.41) is 0. The van der Waals surface area contributed by atoms with Crippen LogP contribution in [-0.2, 0) is 16.1 Å². The standard InChI is InChI=1S/C25H32N2O3/c1-19(28)27(18-20-8-6-5-7-9-20)23-12-10-21(11-13-23)22-14-16-26(17-15-22)24(29)30-25(2,3)4/h5-13,22H,14-18H2,1-4H3. The fourth-order valence-electron chi connectivity index (χ4n) is 3.80. The number of hydrogen-bond donors (Lipinski definition) is 0. The quantitative estimate of drug-likeness (QED) is 0.685. The average molecular weight is 409 g/mol. The summed E-state index contributed by atoms with van der Waals surface area (Å²) < 4.78 is 5.48. The lowest BCUT2D eigenvalue weighted by Gasteiger charge is -2.33. The number of carbonyl (C=O) groups excluding carboxylic acids is 2. The molecule has 0 saturated carbocycles. The second-order valence-electron chi connectivity index (χ2n) is 8.92. The lowest BCUT2D eigenvalue weighted by molar-refractivity contribution is -0.116. The van der Waals surface area contributed by atoms with E-state index in [1.165, 1.54) is 5.56 Å². The van der Waals surface area contributed by atoms with E-state index < -0.39 is 5.60 Å². The van der Waals surface area contributed by atoms with Crippen molar-refractivity contribution in [1.29, 1.82) is 0 Å². The number of rotatable bonds is 4. The van der Waals surface area contributed by atoms with Crippen LogP contribution in [0.25, 0.3) is 0 Å². The maximum atomic E-state index is 12.3. The lowest BCUT2D eigenvalue weighted by Crippen LogP contribution is -2.41. The Kier molecular flexibility index (Phi) is 6.80. The van der Waals surface area contributed by atoms with Crippen LogP contribution in [0.1, 0.15) is 57.6 Å². The number of hydrogen-bond acceptors (Lipinski definition) is 3. The molecule has 160 valence electrons. The molecule has 0 unspecified atom stereocenters. The molecule has 0 bridgehead atoms. The van der Waals surface area contributed by atoms with Crippen LogP contribution in [0.4, 0.5) is 10.5 Å². The van der Waals surface area contributed by atoms with Gasteiger partial charge in [0.25, 0.3) is 0 Å². The topological polar surface area (TPSA) is 49.9 Å². The van der Waals surface area contributed by atoms with Gasteiger partial charge in [0.1, 0.15) is 5.60 Å². The van der Waals surface area contributed by atoms with Gasteiger partial charge in [-0.15, -0.1) is 0 Å². The van der Waals surface area contributed by atoms with Gasteiger partial charge in [-0.25, -0.2) is 4.79 Å². The minimum Gasteiger partial charge on any atom is -0.444 e. The predicted molar refractivity (Wildman–Crippen MR) is 120 cm³/mol. The van der Waals surface area contributed by atoms with Crippen LogP contribution in [0.15, 0.2) is 54.6 Å². The molecule has 0 spiro atoms. The summed E-state index contributed by atoms with van der Waals surface area (Å²) in [4.78, 5) is 28.1. The van der Waals surface area contributed by atoms with Crippen LogP contribution in [-0.4, -0.2) is 35.6 Å². The van der Waals surface area contributed by atoms with E-state index >= 15 is 0 Å². The number of carbonyl (C=O) groups is 2. The zero-order chi connectivity index (χ0) is 21.7. The second-order valence-corrected chi connectivity index (χ2v) is 8.92. The van der Waals surface area contributed by atoms with E-state index in [2.05, 4.69) is 12.1 Å². The highest BCUT2D eigenvalue weighted by molar-refractivity contribution is 5.91. The fourth-order valence-corrected chi connectivity index (χ4v) is 3.80. The molecule has 0 aliphatic carbocycles. The van der Waals surface area contributed by atoms with E-state index in [1.54, 1.807) is 16.7 Å². The first-order chi connectivity index (χ1) is 14.2. The Hall–Kier alpha value is -2.82. The molecule has 1 aliphatic heterocycles. The van der Waals surface area contributed by atoms with Crippen LogP contribution in [0.2, 0.25) is 0 Å². The van der Waals surface area contributed by atoms with E-state index in [0.717, 1.165) is 24.1 Å². The zero-order valence-corrected chi connectivity index (χ0v) is 18.4. The van der Waals surface area contributed by atoms with Gasteiger partial charge in [-0.3, -0.25) is 4.79 Å². The Balaban J connectivity index is 1.61. The van der Waals surface area contributed by atoms with Crippen LogP contribution < -0.4 is 4.90 Å². The Morgan fingerprint density at radius 1 is 1.00 bits per heavy atom. The number of anilines is 1. The largest absolute Gasteiger partial charge is 0.444 e. The van der Waals surface area contributed by atoms with Gasteiger partial charge in [0.05, 0.1) is 6.54 Å². The van der Waals surface area contributed by atoms with E-state index in [4.69, 9.17) is 4.74 Å². The summed E-state index contributed by atoms with van der Waals surface area (Å²) in [6.07, 6.45) is 1.60. The van der Waals surface area contributed by atoms with Crippen LogP contribution in [0, 0.1) is 0 Å². The summed E-state index contributed by atoms with van der Waals surface area (Å²) >= 11 is 0. The summed E-state index contributed by atoms with van der Waals surface area (Å²) in [6, 6.07) is 18.3. The van der Waals surface area contributed by atoms with Crippen LogP contribution in [0.3, 0.4) is 0 Å². The number of piperidine rings is 1. The molecule has 0 radical (unpaired) electrons. The molecule has 0 N–H and O–H groups in total. The molecule has 1 aliphatic rings. The minimum atomic E-state index is -0.466. The second kappa shape index (κ2) is 9.33. The Labute approximate surface area is 179 Å². The van der Waals surface area contributed by atoms with Gasteiger partial charge < -0.3 is 14.5 Å². The van der Waals surface area contributed by atoms with Crippen molar-refractivity contribution in [1.82, 2.24) is 4.90 Å². The van der Waals surface area contributed by atoms with Crippen molar-refractivity contribution in [2.45, 2.75) is 58.6 Å². The van der Waals surface area contributed by atoms with Gasteiger partial charge in [-0.05, 0) is 62.8 Å². The number of nitrogens with zero attached hydrogens (tertiary/aromatic N) is 2. The highest BCUT2D eigenvalue weighted by Gasteiger charge is 2.27. The molecule has 2 amide bonds. The third-order valence-corrected chi connectivity index (χ3v) is 5.39. The van der Waals surface area contributed by atoms with Crippen LogP contribution >= 0.6 is 0 Å². The van der Waals surface area contributed by atoms with Gasteiger partial charge in [0.2, 0.25) is 5.91 Å². The highest BCUT2D eigenvalue weighted by atomic mass is 16.6. The van der Waals surface area contributed by atoms with Crippen molar-refractivity contribution in [3.8, 4) is 0 Å². The first-order valence-electron chi connectivity index (χ1n) is 10.6. The molecule has 2 aromatic rings. The molecule has 0 aromatic heterocycles. The Bertz CT molecular complexity index is 848. The maximum absolute atomic E-state index is 12.3. The van der Waals surface area contributed by atoms with E-state index in [-0.39, 0.29) is 12.0 Å². The van der Waals surface area contributed by atoms with Gasteiger partial charge >= 0.3 is 6.09 Å². The van der Waals surface area contributed by atoms with Crippen LogP contribution in [0.5, 0.6) is 0 Å².